The van der Waals surface area contributed by atoms with E-state index in [4.69, 9.17) is 23.2 Å². The highest BCUT2D eigenvalue weighted by atomic mass is 35.5. The van der Waals surface area contributed by atoms with Crippen LogP contribution in [0.4, 0.5) is 8.78 Å². The molecule has 4 heteroatoms. The quantitative estimate of drug-likeness (QED) is 0.693. The fourth-order valence-electron chi connectivity index (χ4n) is 1.34. The second-order valence-electron chi connectivity index (χ2n) is 3.14. The van der Waals surface area contributed by atoms with Gasteiger partial charge in [-0.05, 0) is 30.3 Å². The molecule has 0 N–H and O–H groups in total. The van der Waals surface area contributed by atoms with E-state index in [-0.39, 0.29) is 15.6 Å². The lowest BCUT2D eigenvalue weighted by Crippen LogP contribution is -1.87. The van der Waals surface area contributed by atoms with Crippen molar-refractivity contribution < 1.29 is 8.78 Å². The van der Waals surface area contributed by atoms with Gasteiger partial charge in [-0.3, -0.25) is 0 Å². The molecule has 2 aromatic carbocycles. The largest absolute Gasteiger partial charge is 0.207 e. The molecule has 0 aliphatic carbocycles. The zero-order valence-electron chi connectivity index (χ0n) is 7.90. The van der Waals surface area contributed by atoms with Crippen molar-refractivity contribution in [2.24, 2.45) is 0 Å². The fraction of sp³-hybridized carbons (Fsp3) is 0. The Hall–Kier alpha value is -1.12. The van der Waals surface area contributed by atoms with Gasteiger partial charge < -0.3 is 0 Å². The first-order chi connectivity index (χ1) is 7.59. The maximum absolute atomic E-state index is 13.7. The summed E-state index contributed by atoms with van der Waals surface area (Å²) in [4.78, 5) is 0. The Labute approximate surface area is 101 Å². The number of hydrogen-bond acceptors (Lipinski definition) is 0. The Bertz CT molecular complexity index is 539. The number of benzene rings is 2. The Morgan fingerprint density at radius 3 is 2.44 bits per heavy atom. The van der Waals surface area contributed by atoms with Crippen LogP contribution in [0.5, 0.6) is 0 Å². The molecule has 2 rings (SSSR count). The smallest absolute Gasteiger partial charge is 0.150 e. The van der Waals surface area contributed by atoms with E-state index in [1.54, 1.807) is 0 Å². The van der Waals surface area contributed by atoms with E-state index in [2.05, 4.69) is 6.07 Å². The zero-order chi connectivity index (χ0) is 11.7. The molecular formula is C12H5Cl2F2. The first-order valence-corrected chi connectivity index (χ1v) is 5.16. The molecule has 0 spiro atoms. The second kappa shape index (κ2) is 4.40. The summed E-state index contributed by atoms with van der Waals surface area (Å²) in [5, 5.41) is 0.103. The SMILES string of the molecule is Fc1ccc(-c2[c]ccc(Cl)c2F)c(Cl)c1. The molecule has 0 unspecified atom stereocenters. The maximum atomic E-state index is 13.7. The minimum atomic E-state index is -0.613. The van der Waals surface area contributed by atoms with Gasteiger partial charge in [-0.2, -0.15) is 0 Å². The van der Waals surface area contributed by atoms with Crippen LogP contribution in [0.25, 0.3) is 11.1 Å². The van der Waals surface area contributed by atoms with Crippen LogP contribution < -0.4 is 0 Å². The third-order valence-corrected chi connectivity index (χ3v) is 2.69. The first kappa shape index (κ1) is 11.4. The molecule has 0 fully saturated rings. The third-order valence-electron chi connectivity index (χ3n) is 2.09. The van der Waals surface area contributed by atoms with Crippen molar-refractivity contribution in [2.45, 2.75) is 0 Å². The molecule has 16 heavy (non-hydrogen) atoms. The minimum Gasteiger partial charge on any atom is -0.207 e. The van der Waals surface area contributed by atoms with E-state index in [1.807, 2.05) is 0 Å². The van der Waals surface area contributed by atoms with Gasteiger partial charge in [-0.1, -0.05) is 29.3 Å². The van der Waals surface area contributed by atoms with Crippen LogP contribution in [0.2, 0.25) is 10.0 Å². The van der Waals surface area contributed by atoms with Gasteiger partial charge in [-0.15, -0.1) is 0 Å². The van der Waals surface area contributed by atoms with Crippen LogP contribution in [0.15, 0.2) is 30.3 Å². The van der Waals surface area contributed by atoms with Crippen molar-refractivity contribution in [2.75, 3.05) is 0 Å². The number of halogens is 4. The van der Waals surface area contributed by atoms with E-state index < -0.39 is 11.6 Å². The summed E-state index contributed by atoms with van der Waals surface area (Å²) in [5.74, 6) is -1.09. The number of hydrogen-bond donors (Lipinski definition) is 0. The fourth-order valence-corrected chi connectivity index (χ4v) is 1.76. The summed E-state index contributed by atoms with van der Waals surface area (Å²) in [6.07, 6.45) is 0. The van der Waals surface area contributed by atoms with Gasteiger partial charge >= 0.3 is 0 Å². The van der Waals surface area contributed by atoms with Crippen LogP contribution in [0.1, 0.15) is 0 Å². The van der Waals surface area contributed by atoms with Gasteiger partial charge in [0.15, 0.2) is 0 Å². The molecule has 0 heterocycles. The lowest BCUT2D eigenvalue weighted by molar-refractivity contribution is 0.626. The molecule has 0 aliphatic heterocycles. The molecule has 0 saturated heterocycles. The third kappa shape index (κ3) is 2.04. The molecule has 0 atom stereocenters. The second-order valence-corrected chi connectivity index (χ2v) is 3.95. The monoisotopic (exact) mass is 257 g/mol. The van der Waals surface area contributed by atoms with Gasteiger partial charge in [0.2, 0.25) is 0 Å². The molecule has 0 aromatic heterocycles. The van der Waals surface area contributed by atoms with Crippen LogP contribution >= 0.6 is 23.2 Å². The van der Waals surface area contributed by atoms with E-state index in [0.717, 1.165) is 6.07 Å². The molecule has 0 nitrogen and oxygen atoms in total. The van der Waals surface area contributed by atoms with Crippen LogP contribution in [-0.2, 0) is 0 Å². The van der Waals surface area contributed by atoms with Crippen molar-refractivity contribution in [3.63, 3.8) is 0 Å². The van der Waals surface area contributed by atoms with Crippen LogP contribution in [0, 0.1) is 17.7 Å². The van der Waals surface area contributed by atoms with Crippen molar-refractivity contribution in [1.29, 1.82) is 0 Å². The zero-order valence-corrected chi connectivity index (χ0v) is 9.41. The lowest BCUT2D eigenvalue weighted by atomic mass is 10.1. The van der Waals surface area contributed by atoms with Crippen molar-refractivity contribution in [1.82, 2.24) is 0 Å². The average molecular weight is 258 g/mol. The van der Waals surface area contributed by atoms with E-state index >= 15 is 0 Å². The predicted octanol–water partition coefficient (Wildman–Crippen LogP) is 4.74. The first-order valence-electron chi connectivity index (χ1n) is 4.40. The summed E-state index contributed by atoms with van der Waals surface area (Å²) in [6.45, 7) is 0. The van der Waals surface area contributed by atoms with Crippen molar-refractivity contribution in [3.8, 4) is 11.1 Å². The molecule has 0 saturated carbocycles. The molecule has 81 valence electrons. The van der Waals surface area contributed by atoms with Gasteiger partial charge in [0.05, 0.1) is 10.0 Å². The highest BCUT2D eigenvalue weighted by Crippen LogP contribution is 2.32. The van der Waals surface area contributed by atoms with Crippen LogP contribution in [0.3, 0.4) is 0 Å². The maximum Gasteiger partial charge on any atom is 0.150 e. The van der Waals surface area contributed by atoms with Gasteiger partial charge in [-0.25, -0.2) is 8.78 Å². The van der Waals surface area contributed by atoms with Gasteiger partial charge in [0.1, 0.15) is 11.6 Å². The summed E-state index contributed by atoms with van der Waals surface area (Å²) in [7, 11) is 0. The molecule has 1 radical (unpaired) electrons. The average Bonchev–Trinajstić information content (AvgIpc) is 2.23. The molecule has 0 aliphatic rings. The predicted molar refractivity (Wildman–Crippen MR) is 60.7 cm³/mol. The summed E-state index contributed by atoms with van der Waals surface area (Å²) >= 11 is 11.5. The Morgan fingerprint density at radius 2 is 1.75 bits per heavy atom. The lowest BCUT2D eigenvalue weighted by Gasteiger charge is -2.06. The number of rotatable bonds is 1. The van der Waals surface area contributed by atoms with E-state index in [9.17, 15) is 8.78 Å². The standard InChI is InChI=1S/C12H5Cl2F2/c13-10-3-1-2-9(12(10)16)8-5-4-7(15)6-11(8)14/h1,3-6H. The highest BCUT2D eigenvalue weighted by molar-refractivity contribution is 6.33. The summed E-state index contributed by atoms with van der Waals surface area (Å²) in [6, 6.07) is 9.27. The van der Waals surface area contributed by atoms with Crippen molar-refractivity contribution in [3.05, 3.63) is 58.1 Å². The summed E-state index contributed by atoms with van der Waals surface area (Å²) < 4.78 is 26.5. The van der Waals surface area contributed by atoms with Gasteiger partial charge in [0.25, 0.3) is 0 Å². The topological polar surface area (TPSA) is 0 Å². The normalized spacial score (nSPS) is 10.5. The Kier molecular flexibility index (Phi) is 3.13. The van der Waals surface area contributed by atoms with E-state index in [0.29, 0.717) is 5.56 Å². The molecule has 0 amide bonds. The molecule has 0 bridgehead atoms. The van der Waals surface area contributed by atoms with Crippen LogP contribution in [-0.4, -0.2) is 0 Å². The highest BCUT2D eigenvalue weighted by Gasteiger charge is 2.12. The molecular weight excluding hydrogens is 253 g/mol. The van der Waals surface area contributed by atoms with Gasteiger partial charge in [0, 0.05) is 11.1 Å². The Balaban J connectivity index is 2.63. The Morgan fingerprint density at radius 1 is 1.00 bits per heavy atom. The van der Waals surface area contributed by atoms with E-state index in [1.165, 1.54) is 24.3 Å². The van der Waals surface area contributed by atoms with Crippen molar-refractivity contribution >= 4 is 23.2 Å². The minimum absolute atomic E-state index is 0.0193. The molecule has 2 aromatic rings. The summed E-state index contributed by atoms with van der Waals surface area (Å²) in [5.41, 5.74) is 0.501.